The highest BCUT2D eigenvalue weighted by Crippen LogP contribution is 2.42. The van der Waals surface area contributed by atoms with Gasteiger partial charge in [0.15, 0.2) is 5.69 Å². The van der Waals surface area contributed by atoms with Crippen LogP contribution in [0.15, 0.2) is 4.90 Å². The molecule has 1 aromatic heterocycles. The van der Waals surface area contributed by atoms with Crippen LogP contribution in [-0.2, 0) is 14.8 Å². The molecule has 0 radical (unpaired) electrons. The van der Waals surface area contributed by atoms with Crippen LogP contribution in [0.5, 0.6) is 0 Å². The molecule has 0 aromatic carbocycles. The first-order valence-electron chi connectivity index (χ1n) is 6.88. The summed E-state index contributed by atoms with van der Waals surface area (Å²) in [5.74, 6) is -0.673. The molecule has 0 atom stereocenters. The van der Waals surface area contributed by atoms with Crippen LogP contribution in [0, 0.1) is 5.41 Å². The Morgan fingerprint density at radius 1 is 1.43 bits per heavy atom. The molecular weight excluding hydrogens is 294 g/mol. The van der Waals surface area contributed by atoms with Crippen LogP contribution in [0.3, 0.4) is 0 Å². The van der Waals surface area contributed by atoms with Crippen molar-refractivity contribution in [2.75, 3.05) is 6.61 Å². The third-order valence-corrected chi connectivity index (χ3v) is 4.28. The lowest BCUT2D eigenvalue weighted by molar-refractivity contribution is 0.0453. The van der Waals surface area contributed by atoms with E-state index in [-0.39, 0.29) is 28.5 Å². The Hall–Kier alpha value is -1.41. The highest BCUT2D eigenvalue weighted by molar-refractivity contribution is 7.89. The summed E-state index contributed by atoms with van der Waals surface area (Å²) < 4.78 is 28.5. The number of aromatic amines is 1. The Bertz CT molecular complexity index is 639. The number of nitrogens with one attached hydrogen (secondary N) is 1. The van der Waals surface area contributed by atoms with Gasteiger partial charge in [-0.2, -0.15) is 5.10 Å². The fourth-order valence-electron chi connectivity index (χ4n) is 1.94. The van der Waals surface area contributed by atoms with Gasteiger partial charge < -0.3 is 4.74 Å². The van der Waals surface area contributed by atoms with Crippen molar-refractivity contribution < 1.29 is 17.9 Å². The first-order valence-corrected chi connectivity index (χ1v) is 8.42. The molecule has 8 heteroatoms. The Labute approximate surface area is 124 Å². The lowest BCUT2D eigenvalue weighted by Gasteiger charge is -2.17. The Morgan fingerprint density at radius 3 is 2.52 bits per heavy atom. The summed E-state index contributed by atoms with van der Waals surface area (Å²) in [7, 11) is -4.02. The molecule has 1 fully saturated rings. The minimum absolute atomic E-state index is 0.0216. The smallest absolute Gasteiger partial charge is 0.360 e. The van der Waals surface area contributed by atoms with Crippen LogP contribution < -0.4 is 5.14 Å². The van der Waals surface area contributed by atoms with Crippen molar-refractivity contribution in [3.63, 3.8) is 0 Å². The molecule has 0 saturated heterocycles. The summed E-state index contributed by atoms with van der Waals surface area (Å²) in [5, 5.41) is 11.6. The van der Waals surface area contributed by atoms with Gasteiger partial charge in [0.2, 0.25) is 10.0 Å². The molecule has 0 aliphatic heterocycles. The van der Waals surface area contributed by atoms with E-state index in [1.807, 2.05) is 20.8 Å². The van der Waals surface area contributed by atoms with Gasteiger partial charge in [-0.05, 0) is 24.7 Å². The summed E-state index contributed by atoms with van der Waals surface area (Å²) in [5.41, 5.74) is 0.196. The van der Waals surface area contributed by atoms with E-state index in [0.29, 0.717) is 12.1 Å². The van der Waals surface area contributed by atoms with Crippen LogP contribution >= 0.6 is 0 Å². The maximum absolute atomic E-state index is 12.0. The molecule has 0 unspecified atom stereocenters. The second kappa shape index (κ2) is 5.42. The average molecular weight is 315 g/mol. The standard InChI is InChI=1S/C13H21N3O4S/c1-13(2,3)6-7-20-12(17)10-11(21(14,18)19)9(15-16-10)8-4-5-8/h8H,4-7H2,1-3H3,(H,15,16)(H2,14,18,19). The third-order valence-electron chi connectivity index (χ3n) is 3.30. The number of esters is 1. The average Bonchev–Trinajstić information content (AvgIpc) is 3.04. The van der Waals surface area contributed by atoms with E-state index in [0.717, 1.165) is 12.8 Å². The summed E-state index contributed by atoms with van der Waals surface area (Å²) in [6.07, 6.45) is 2.40. The second-order valence-corrected chi connectivity index (χ2v) is 8.08. The Balaban J connectivity index is 2.18. The van der Waals surface area contributed by atoms with Gasteiger partial charge >= 0.3 is 5.97 Å². The number of ether oxygens (including phenoxy) is 1. The zero-order valence-corrected chi connectivity index (χ0v) is 13.3. The monoisotopic (exact) mass is 315 g/mol. The molecular formula is C13H21N3O4S. The van der Waals surface area contributed by atoms with Crippen LogP contribution in [0.25, 0.3) is 0 Å². The molecule has 3 N–H and O–H groups in total. The molecule has 7 nitrogen and oxygen atoms in total. The fourth-order valence-corrected chi connectivity index (χ4v) is 2.86. The molecule has 0 amide bonds. The number of nitrogens with zero attached hydrogens (tertiary/aromatic N) is 1. The van der Waals surface area contributed by atoms with Crippen LogP contribution in [0.4, 0.5) is 0 Å². The first kappa shape index (κ1) is 16.0. The van der Waals surface area contributed by atoms with Crippen LogP contribution in [0.2, 0.25) is 0 Å². The zero-order chi connectivity index (χ0) is 15.8. The number of primary sulfonamides is 1. The molecule has 21 heavy (non-hydrogen) atoms. The van der Waals surface area contributed by atoms with Gasteiger partial charge in [0.05, 0.1) is 12.3 Å². The summed E-state index contributed by atoms with van der Waals surface area (Å²) in [4.78, 5) is 11.8. The predicted molar refractivity (Wildman–Crippen MR) is 76.3 cm³/mol. The fraction of sp³-hybridized carbons (Fsp3) is 0.692. The van der Waals surface area contributed by atoms with Crippen molar-refractivity contribution in [2.45, 2.75) is 50.8 Å². The SMILES string of the molecule is CC(C)(C)CCOC(=O)c1n[nH]c(C2CC2)c1S(N)(=O)=O. The molecule has 1 aliphatic rings. The lowest BCUT2D eigenvalue weighted by atomic mass is 9.93. The molecule has 1 saturated carbocycles. The van der Waals surface area contributed by atoms with E-state index < -0.39 is 16.0 Å². The minimum atomic E-state index is -4.02. The van der Waals surface area contributed by atoms with E-state index in [4.69, 9.17) is 9.88 Å². The highest BCUT2D eigenvalue weighted by Gasteiger charge is 2.36. The molecule has 2 rings (SSSR count). The molecule has 1 aromatic rings. The number of hydrogen-bond acceptors (Lipinski definition) is 5. The van der Waals surface area contributed by atoms with Gasteiger partial charge in [-0.3, -0.25) is 5.10 Å². The number of hydrogen-bond donors (Lipinski definition) is 2. The number of rotatable bonds is 5. The minimum Gasteiger partial charge on any atom is -0.461 e. The van der Waals surface area contributed by atoms with E-state index in [2.05, 4.69) is 10.2 Å². The summed E-state index contributed by atoms with van der Waals surface area (Å²) in [6, 6.07) is 0. The van der Waals surface area contributed by atoms with Crippen molar-refractivity contribution in [3.8, 4) is 0 Å². The normalized spacial score (nSPS) is 16.0. The van der Waals surface area contributed by atoms with Crippen LogP contribution in [0.1, 0.15) is 62.1 Å². The topological polar surface area (TPSA) is 115 Å². The third kappa shape index (κ3) is 4.04. The number of aromatic nitrogens is 2. The largest absolute Gasteiger partial charge is 0.461 e. The number of nitrogens with two attached hydrogens (primary N) is 1. The van der Waals surface area contributed by atoms with Gasteiger partial charge in [0.1, 0.15) is 4.90 Å². The van der Waals surface area contributed by atoms with E-state index in [1.165, 1.54) is 0 Å². The second-order valence-electron chi connectivity index (χ2n) is 6.58. The number of carbonyl (C=O) groups excluding carboxylic acids is 1. The van der Waals surface area contributed by atoms with Gasteiger partial charge in [0.25, 0.3) is 0 Å². The van der Waals surface area contributed by atoms with Crippen LogP contribution in [-0.4, -0.2) is 31.2 Å². The zero-order valence-electron chi connectivity index (χ0n) is 12.5. The van der Waals surface area contributed by atoms with Gasteiger partial charge in [0, 0.05) is 5.92 Å². The molecule has 0 bridgehead atoms. The molecule has 1 heterocycles. The van der Waals surface area contributed by atoms with E-state index in [1.54, 1.807) is 0 Å². The highest BCUT2D eigenvalue weighted by atomic mass is 32.2. The van der Waals surface area contributed by atoms with Crippen molar-refractivity contribution in [2.24, 2.45) is 10.6 Å². The Morgan fingerprint density at radius 2 is 2.05 bits per heavy atom. The number of carbonyl (C=O) groups is 1. The van der Waals surface area contributed by atoms with Crippen molar-refractivity contribution >= 4 is 16.0 Å². The van der Waals surface area contributed by atoms with E-state index in [9.17, 15) is 13.2 Å². The predicted octanol–water partition coefficient (Wildman–Crippen LogP) is 1.53. The van der Waals surface area contributed by atoms with Gasteiger partial charge in [-0.1, -0.05) is 20.8 Å². The number of sulfonamides is 1. The van der Waals surface area contributed by atoms with Gasteiger partial charge in [-0.25, -0.2) is 18.4 Å². The Kier molecular flexibility index (Phi) is 4.12. The number of H-pyrrole nitrogens is 1. The maximum atomic E-state index is 12.0. The summed E-state index contributed by atoms with van der Waals surface area (Å²) >= 11 is 0. The van der Waals surface area contributed by atoms with Crippen molar-refractivity contribution in [3.05, 3.63) is 11.4 Å². The molecule has 118 valence electrons. The van der Waals surface area contributed by atoms with Crippen molar-refractivity contribution in [1.29, 1.82) is 0 Å². The van der Waals surface area contributed by atoms with Gasteiger partial charge in [-0.15, -0.1) is 0 Å². The summed E-state index contributed by atoms with van der Waals surface area (Å²) in [6.45, 7) is 6.28. The maximum Gasteiger partial charge on any atom is 0.360 e. The molecule has 1 aliphatic carbocycles. The quantitative estimate of drug-likeness (QED) is 0.799. The lowest BCUT2D eigenvalue weighted by Crippen LogP contribution is -2.19. The molecule has 0 spiro atoms. The van der Waals surface area contributed by atoms with E-state index >= 15 is 0 Å². The first-order chi connectivity index (χ1) is 9.59. The van der Waals surface area contributed by atoms with Crippen molar-refractivity contribution in [1.82, 2.24) is 10.2 Å².